The summed E-state index contributed by atoms with van der Waals surface area (Å²) in [5.41, 5.74) is 0. The Morgan fingerprint density at radius 1 is 1.21 bits per heavy atom. The Morgan fingerprint density at radius 3 is 2.32 bits per heavy atom. The van der Waals surface area contributed by atoms with Gasteiger partial charge in [-0.15, -0.1) is 0 Å². The van der Waals surface area contributed by atoms with Crippen LogP contribution in [0.15, 0.2) is 28.6 Å². The van der Waals surface area contributed by atoms with E-state index in [4.69, 9.17) is 13.5 Å². The molecule has 1 rings (SSSR count). The summed E-state index contributed by atoms with van der Waals surface area (Å²) < 4.78 is 28.5. The zero-order valence-corrected chi connectivity index (χ0v) is 12.6. The monoisotopic (exact) mass is 286 g/mol. The Morgan fingerprint density at radius 2 is 1.84 bits per heavy atom. The van der Waals surface area contributed by atoms with Crippen LogP contribution in [0.4, 0.5) is 0 Å². The maximum Gasteiger partial charge on any atom is 0.354 e. The van der Waals surface area contributed by atoms with E-state index < -0.39 is 7.60 Å². The molecule has 0 atom stereocenters. The van der Waals surface area contributed by atoms with Gasteiger partial charge in [0.25, 0.3) is 0 Å². The van der Waals surface area contributed by atoms with E-state index >= 15 is 0 Å². The highest BCUT2D eigenvalue weighted by Gasteiger charge is 2.20. The van der Waals surface area contributed by atoms with E-state index in [1.165, 1.54) is 5.82 Å². The Balaban J connectivity index is 2.59. The van der Waals surface area contributed by atoms with Crippen LogP contribution in [-0.4, -0.2) is 13.2 Å². The summed E-state index contributed by atoms with van der Waals surface area (Å²) in [7, 11) is -3.16. The van der Waals surface area contributed by atoms with Gasteiger partial charge in [0.1, 0.15) is 5.76 Å². The summed E-state index contributed by atoms with van der Waals surface area (Å²) in [5, 5.41) is 0. The molecule has 0 aromatic carbocycles. The van der Waals surface area contributed by atoms with Crippen LogP contribution in [0.2, 0.25) is 0 Å². The molecule has 0 N–H and O–H groups in total. The minimum Gasteiger partial charge on any atom is -0.465 e. The van der Waals surface area contributed by atoms with Crippen LogP contribution in [0.25, 0.3) is 6.08 Å². The van der Waals surface area contributed by atoms with Gasteiger partial charge in [-0.05, 0) is 31.1 Å². The van der Waals surface area contributed by atoms with Gasteiger partial charge < -0.3 is 13.5 Å². The van der Waals surface area contributed by atoms with Gasteiger partial charge in [0, 0.05) is 5.82 Å². The van der Waals surface area contributed by atoms with E-state index in [0.717, 1.165) is 25.7 Å². The van der Waals surface area contributed by atoms with Crippen LogP contribution >= 0.6 is 7.60 Å². The maximum absolute atomic E-state index is 12.5. The molecule has 1 aromatic heterocycles. The third-order valence-corrected chi connectivity index (χ3v) is 4.10. The summed E-state index contributed by atoms with van der Waals surface area (Å²) in [6, 6.07) is 3.57. The van der Waals surface area contributed by atoms with E-state index in [1.54, 1.807) is 24.5 Å². The number of hydrogen-bond acceptors (Lipinski definition) is 4. The van der Waals surface area contributed by atoms with E-state index in [-0.39, 0.29) is 0 Å². The van der Waals surface area contributed by atoms with Crippen LogP contribution < -0.4 is 0 Å². The smallest absolute Gasteiger partial charge is 0.354 e. The standard InChI is InChI=1S/C14H23O4P/c1-3-5-11-17-19(15,18-12-6-4-2)13-9-14-8-7-10-16-14/h7-10,13H,3-6,11-12H2,1-2H3/b13-9-. The van der Waals surface area contributed by atoms with Gasteiger partial charge in [-0.2, -0.15) is 0 Å². The molecule has 0 aliphatic carbocycles. The normalized spacial score (nSPS) is 12.3. The largest absolute Gasteiger partial charge is 0.465 e. The first kappa shape index (κ1) is 16.2. The lowest BCUT2D eigenvalue weighted by Crippen LogP contribution is -1.97. The summed E-state index contributed by atoms with van der Waals surface area (Å²) >= 11 is 0. The van der Waals surface area contributed by atoms with Crippen LogP contribution in [0.3, 0.4) is 0 Å². The molecule has 0 aliphatic heterocycles. The van der Waals surface area contributed by atoms with Crippen molar-refractivity contribution in [3.05, 3.63) is 30.0 Å². The Labute approximate surface area is 115 Å². The van der Waals surface area contributed by atoms with Crippen molar-refractivity contribution in [1.82, 2.24) is 0 Å². The minimum atomic E-state index is -3.16. The third-order valence-electron chi connectivity index (χ3n) is 2.50. The summed E-state index contributed by atoms with van der Waals surface area (Å²) in [5.74, 6) is 2.12. The van der Waals surface area contributed by atoms with E-state index in [0.29, 0.717) is 19.0 Å². The average molecular weight is 286 g/mol. The van der Waals surface area contributed by atoms with Crippen molar-refractivity contribution in [2.75, 3.05) is 13.2 Å². The molecule has 4 nitrogen and oxygen atoms in total. The SMILES string of the molecule is CCCCOP(=O)(/C=C\c1ccco1)OCCCC. The predicted molar refractivity (Wildman–Crippen MR) is 77.1 cm³/mol. The molecule has 19 heavy (non-hydrogen) atoms. The van der Waals surface area contributed by atoms with Crippen molar-refractivity contribution >= 4 is 13.7 Å². The van der Waals surface area contributed by atoms with Crippen molar-refractivity contribution in [3.8, 4) is 0 Å². The molecule has 0 spiro atoms. The fraction of sp³-hybridized carbons (Fsp3) is 0.571. The molecule has 1 aromatic rings. The lowest BCUT2D eigenvalue weighted by molar-refractivity contribution is 0.208. The zero-order chi connectivity index (χ0) is 14.0. The molecule has 0 saturated carbocycles. The quantitative estimate of drug-likeness (QED) is 0.444. The number of hydrogen-bond donors (Lipinski definition) is 0. The van der Waals surface area contributed by atoms with Gasteiger partial charge in [-0.1, -0.05) is 26.7 Å². The van der Waals surface area contributed by atoms with Crippen LogP contribution in [0.5, 0.6) is 0 Å². The summed E-state index contributed by atoms with van der Waals surface area (Å²) in [6.07, 6.45) is 6.94. The summed E-state index contributed by atoms with van der Waals surface area (Å²) in [6.45, 7) is 5.01. The highest BCUT2D eigenvalue weighted by Crippen LogP contribution is 2.50. The molecular weight excluding hydrogens is 263 g/mol. The second-order valence-electron chi connectivity index (χ2n) is 4.24. The van der Waals surface area contributed by atoms with Gasteiger partial charge in [0.05, 0.1) is 19.5 Å². The number of rotatable bonds is 10. The molecule has 0 unspecified atom stereocenters. The topological polar surface area (TPSA) is 48.7 Å². The first-order chi connectivity index (χ1) is 9.20. The second kappa shape index (κ2) is 9.13. The maximum atomic E-state index is 12.5. The molecule has 0 radical (unpaired) electrons. The van der Waals surface area contributed by atoms with Gasteiger partial charge in [-0.25, -0.2) is 0 Å². The zero-order valence-electron chi connectivity index (χ0n) is 11.7. The lowest BCUT2D eigenvalue weighted by atomic mass is 10.4. The van der Waals surface area contributed by atoms with Crippen LogP contribution in [0.1, 0.15) is 45.3 Å². The van der Waals surface area contributed by atoms with Gasteiger partial charge in [0.15, 0.2) is 0 Å². The summed E-state index contributed by atoms with van der Waals surface area (Å²) in [4.78, 5) is 0. The minimum absolute atomic E-state index is 0.447. The van der Waals surface area contributed by atoms with Crippen LogP contribution in [0, 0.1) is 0 Å². The molecular formula is C14H23O4P. The fourth-order valence-electron chi connectivity index (χ4n) is 1.35. The molecule has 108 valence electrons. The first-order valence-corrected chi connectivity index (χ1v) is 8.43. The van der Waals surface area contributed by atoms with Crippen molar-refractivity contribution < 1.29 is 18.0 Å². The lowest BCUT2D eigenvalue weighted by Gasteiger charge is -2.14. The van der Waals surface area contributed by atoms with Crippen molar-refractivity contribution in [3.63, 3.8) is 0 Å². The van der Waals surface area contributed by atoms with Gasteiger partial charge in [-0.3, -0.25) is 4.57 Å². The molecule has 0 amide bonds. The van der Waals surface area contributed by atoms with Crippen LogP contribution in [-0.2, 0) is 13.6 Å². The Bertz CT molecular complexity index is 384. The van der Waals surface area contributed by atoms with E-state index in [9.17, 15) is 4.57 Å². The average Bonchev–Trinajstić information content (AvgIpc) is 2.91. The van der Waals surface area contributed by atoms with Crippen molar-refractivity contribution in [1.29, 1.82) is 0 Å². The van der Waals surface area contributed by atoms with Crippen molar-refractivity contribution in [2.45, 2.75) is 39.5 Å². The third kappa shape index (κ3) is 6.76. The second-order valence-corrected chi connectivity index (χ2v) is 6.14. The fourth-order valence-corrected chi connectivity index (χ4v) is 2.69. The van der Waals surface area contributed by atoms with E-state index in [2.05, 4.69) is 13.8 Å². The highest BCUT2D eigenvalue weighted by atomic mass is 31.2. The predicted octanol–water partition coefficient (Wildman–Crippen LogP) is 5.08. The molecule has 0 saturated heterocycles. The molecule has 0 aliphatic rings. The number of unbranched alkanes of at least 4 members (excludes halogenated alkanes) is 2. The van der Waals surface area contributed by atoms with Gasteiger partial charge in [0.2, 0.25) is 0 Å². The molecule has 0 fully saturated rings. The Hall–Kier alpha value is -0.830. The highest BCUT2D eigenvalue weighted by molar-refractivity contribution is 7.57. The molecule has 0 bridgehead atoms. The Kier molecular flexibility index (Phi) is 7.80. The molecule has 5 heteroatoms. The first-order valence-electron chi connectivity index (χ1n) is 6.81. The number of furan rings is 1. The van der Waals surface area contributed by atoms with E-state index in [1.807, 2.05) is 0 Å². The molecule has 1 heterocycles. The van der Waals surface area contributed by atoms with Crippen molar-refractivity contribution in [2.24, 2.45) is 0 Å². The van der Waals surface area contributed by atoms with Gasteiger partial charge >= 0.3 is 7.60 Å².